The van der Waals surface area contributed by atoms with Gasteiger partial charge in [-0.05, 0) is 30.7 Å². The van der Waals surface area contributed by atoms with Crippen molar-refractivity contribution in [2.45, 2.75) is 13.3 Å². The van der Waals surface area contributed by atoms with Crippen molar-refractivity contribution < 1.29 is 9.18 Å². The maximum Gasteiger partial charge on any atom is 0.269 e. The minimum atomic E-state index is -0.368. The molecule has 0 fully saturated rings. The van der Waals surface area contributed by atoms with Gasteiger partial charge in [-0.1, -0.05) is 22.9 Å². The molecule has 3 aromatic rings. The molecule has 2 aromatic heterocycles. The van der Waals surface area contributed by atoms with Gasteiger partial charge in [0.05, 0.1) is 5.69 Å². The Morgan fingerprint density at radius 3 is 2.78 bits per heavy atom. The molecule has 0 bridgehead atoms. The van der Waals surface area contributed by atoms with Gasteiger partial charge in [-0.2, -0.15) is 5.10 Å². The molecule has 0 atom stereocenters. The fraction of sp³-hybridized carbons (Fsp3) is 0.188. The summed E-state index contributed by atoms with van der Waals surface area (Å²) in [6, 6.07) is 8.18. The number of nitrogens with zero attached hydrogens (tertiary/aromatic N) is 3. The van der Waals surface area contributed by atoms with E-state index in [-0.39, 0.29) is 11.7 Å². The van der Waals surface area contributed by atoms with Gasteiger partial charge in [0.1, 0.15) is 11.5 Å². The summed E-state index contributed by atoms with van der Waals surface area (Å²) in [5.74, 6) is -0.632. The summed E-state index contributed by atoms with van der Waals surface area (Å²) >= 11 is 3.24. The second-order valence-electron chi connectivity index (χ2n) is 4.99. The SMILES string of the molecule is CCc1cc(C(=O)NC)nc2cc(-c3ccc(Br)cc3F)nn12. The average molecular weight is 377 g/mol. The number of amides is 1. The Bertz CT molecular complexity index is 906. The largest absolute Gasteiger partial charge is 0.354 e. The number of fused-ring (bicyclic) bond motifs is 1. The summed E-state index contributed by atoms with van der Waals surface area (Å²) in [5.41, 5.74) is 2.53. The van der Waals surface area contributed by atoms with Gasteiger partial charge in [-0.3, -0.25) is 4.79 Å². The van der Waals surface area contributed by atoms with E-state index in [1.165, 1.54) is 6.07 Å². The molecule has 3 rings (SSSR count). The first-order valence-electron chi connectivity index (χ1n) is 7.10. The Hall–Kier alpha value is -2.28. The van der Waals surface area contributed by atoms with E-state index in [1.54, 1.807) is 35.8 Å². The first kappa shape index (κ1) is 15.6. The molecule has 23 heavy (non-hydrogen) atoms. The molecule has 1 N–H and O–H groups in total. The van der Waals surface area contributed by atoms with Crippen LogP contribution < -0.4 is 5.32 Å². The van der Waals surface area contributed by atoms with Crippen LogP contribution >= 0.6 is 15.9 Å². The fourth-order valence-corrected chi connectivity index (χ4v) is 2.70. The van der Waals surface area contributed by atoms with Gasteiger partial charge in [0.25, 0.3) is 5.91 Å². The molecule has 7 heteroatoms. The highest BCUT2D eigenvalue weighted by atomic mass is 79.9. The Balaban J connectivity index is 2.19. The van der Waals surface area contributed by atoms with Crippen molar-refractivity contribution in [3.63, 3.8) is 0 Å². The second-order valence-corrected chi connectivity index (χ2v) is 5.90. The molecule has 0 saturated carbocycles. The topological polar surface area (TPSA) is 59.3 Å². The molecule has 0 saturated heterocycles. The van der Waals surface area contributed by atoms with Gasteiger partial charge < -0.3 is 5.32 Å². The number of carbonyl (C=O) groups excluding carboxylic acids is 1. The van der Waals surface area contributed by atoms with Crippen LogP contribution in [0.25, 0.3) is 16.9 Å². The van der Waals surface area contributed by atoms with Crippen molar-refractivity contribution in [2.24, 2.45) is 0 Å². The number of nitrogens with one attached hydrogen (secondary N) is 1. The van der Waals surface area contributed by atoms with Crippen LogP contribution in [0.1, 0.15) is 23.1 Å². The molecule has 5 nitrogen and oxygen atoms in total. The summed E-state index contributed by atoms with van der Waals surface area (Å²) in [6.07, 6.45) is 0.674. The van der Waals surface area contributed by atoms with E-state index in [9.17, 15) is 9.18 Å². The molecule has 1 amide bonds. The van der Waals surface area contributed by atoms with Crippen molar-refractivity contribution >= 4 is 27.5 Å². The Kier molecular flexibility index (Phi) is 4.12. The van der Waals surface area contributed by atoms with Crippen molar-refractivity contribution in [1.29, 1.82) is 0 Å². The molecular formula is C16H14BrFN4O. The van der Waals surface area contributed by atoms with E-state index in [2.05, 4.69) is 31.3 Å². The lowest BCUT2D eigenvalue weighted by molar-refractivity contribution is 0.0958. The standard InChI is InChI=1S/C16H14BrFN4O/c1-3-10-7-14(16(23)19-2)20-15-8-13(21-22(10)15)11-5-4-9(17)6-12(11)18/h4-8H,3H2,1-2H3,(H,19,23). The zero-order chi connectivity index (χ0) is 16.6. The van der Waals surface area contributed by atoms with Crippen LogP contribution in [0.3, 0.4) is 0 Å². The summed E-state index contributed by atoms with van der Waals surface area (Å²) in [6.45, 7) is 1.96. The van der Waals surface area contributed by atoms with Crippen LogP contribution in [-0.4, -0.2) is 27.6 Å². The first-order valence-corrected chi connectivity index (χ1v) is 7.90. The molecule has 0 spiro atoms. The molecule has 1 aromatic carbocycles. The summed E-state index contributed by atoms with van der Waals surface area (Å²) in [5, 5.41) is 6.99. The highest BCUT2D eigenvalue weighted by molar-refractivity contribution is 9.10. The van der Waals surface area contributed by atoms with Crippen molar-refractivity contribution in [3.8, 4) is 11.3 Å². The molecule has 2 heterocycles. The molecule has 0 aliphatic heterocycles. The van der Waals surface area contributed by atoms with Gasteiger partial charge in [0.15, 0.2) is 5.65 Å². The molecule has 0 aliphatic carbocycles. The number of rotatable bonds is 3. The van der Waals surface area contributed by atoms with Gasteiger partial charge in [0.2, 0.25) is 0 Å². The van der Waals surface area contributed by atoms with Gasteiger partial charge in [-0.15, -0.1) is 0 Å². The van der Waals surface area contributed by atoms with E-state index in [4.69, 9.17) is 0 Å². The molecule has 0 unspecified atom stereocenters. The number of hydrogen-bond acceptors (Lipinski definition) is 3. The van der Waals surface area contributed by atoms with Gasteiger partial charge in [-0.25, -0.2) is 13.9 Å². The maximum atomic E-state index is 14.1. The quantitative estimate of drug-likeness (QED) is 0.763. The van der Waals surface area contributed by atoms with Crippen LogP contribution in [0.15, 0.2) is 34.8 Å². The number of hydrogen-bond donors (Lipinski definition) is 1. The smallest absolute Gasteiger partial charge is 0.269 e. The number of benzene rings is 1. The zero-order valence-corrected chi connectivity index (χ0v) is 14.2. The predicted octanol–water partition coefficient (Wildman–Crippen LogP) is 3.22. The van der Waals surface area contributed by atoms with Crippen LogP contribution in [0.4, 0.5) is 4.39 Å². The summed E-state index contributed by atoms with van der Waals surface area (Å²) < 4.78 is 16.5. The third-order valence-electron chi connectivity index (χ3n) is 3.53. The van der Waals surface area contributed by atoms with Crippen LogP contribution in [-0.2, 0) is 6.42 Å². The van der Waals surface area contributed by atoms with Crippen molar-refractivity contribution in [3.05, 3.63) is 52.0 Å². The Labute approximate surface area is 140 Å². The summed E-state index contributed by atoms with van der Waals surface area (Å²) in [7, 11) is 1.55. The Morgan fingerprint density at radius 2 is 2.13 bits per heavy atom. The minimum absolute atomic E-state index is 0.264. The third kappa shape index (κ3) is 2.84. The average Bonchev–Trinajstić information content (AvgIpc) is 2.96. The van der Waals surface area contributed by atoms with Crippen LogP contribution in [0, 0.1) is 5.82 Å². The van der Waals surface area contributed by atoms with Crippen molar-refractivity contribution in [1.82, 2.24) is 19.9 Å². The maximum absolute atomic E-state index is 14.1. The van der Waals surface area contributed by atoms with Crippen molar-refractivity contribution in [2.75, 3.05) is 7.05 Å². The number of halogens is 2. The first-order chi connectivity index (χ1) is 11.0. The monoisotopic (exact) mass is 376 g/mol. The number of carbonyl (C=O) groups is 1. The van der Waals surface area contributed by atoms with E-state index in [0.717, 1.165) is 5.69 Å². The highest BCUT2D eigenvalue weighted by Gasteiger charge is 2.15. The minimum Gasteiger partial charge on any atom is -0.354 e. The second kappa shape index (κ2) is 6.08. The highest BCUT2D eigenvalue weighted by Crippen LogP contribution is 2.25. The summed E-state index contributed by atoms with van der Waals surface area (Å²) in [4.78, 5) is 16.1. The van der Waals surface area contributed by atoms with E-state index in [1.807, 2.05) is 6.92 Å². The van der Waals surface area contributed by atoms with E-state index >= 15 is 0 Å². The van der Waals surface area contributed by atoms with Gasteiger partial charge in [0, 0.05) is 28.8 Å². The van der Waals surface area contributed by atoms with Crippen LogP contribution in [0.5, 0.6) is 0 Å². The third-order valence-corrected chi connectivity index (χ3v) is 4.02. The van der Waals surface area contributed by atoms with Crippen LogP contribution in [0.2, 0.25) is 0 Å². The van der Waals surface area contributed by atoms with Gasteiger partial charge >= 0.3 is 0 Å². The lowest BCUT2D eigenvalue weighted by Crippen LogP contribution is -2.20. The lowest BCUT2D eigenvalue weighted by Gasteiger charge is -2.05. The number of aryl methyl sites for hydroxylation is 1. The molecular weight excluding hydrogens is 363 g/mol. The number of aromatic nitrogens is 3. The van der Waals surface area contributed by atoms with E-state index in [0.29, 0.717) is 33.5 Å². The molecule has 118 valence electrons. The Morgan fingerprint density at radius 1 is 1.35 bits per heavy atom. The molecule has 0 radical (unpaired) electrons. The normalized spacial score (nSPS) is 11.0. The fourth-order valence-electron chi connectivity index (χ4n) is 2.36. The van der Waals surface area contributed by atoms with E-state index < -0.39 is 0 Å². The predicted molar refractivity (Wildman–Crippen MR) is 88.8 cm³/mol. The zero-order valence-electron chi connectivity index (χ0n) is 12.6. The molecule has 0 aliphatic rings. The lowest BCUT2D eigenvalue weighted by atomic mass is 10.1.